The van der Waals surface area contributed by atoms with Crippen molar-refractivity contribution in [3.63, 3.8) is 0 Å². The number of benzene rings is 1. The molecule has 3 rings (SSSR count). The first-order chi connectivity index (χ1) is 8.28. The van der Waals surface area contributed by atoms with E-state index in [2.05, 4.69) is 0 Å². The average Bonchev–Trinajstić information content (AvgIpc) is 3.02. The smallest absolute Gasteiger partial charge is 0.231 e. The van der Waals surface area contributed by atoms with Crippen molar-refractivity contribution in [2.45, 2.75) is 25.3 Å². The van der Waals surface area contributed by atoms with Gasteiger partial charge in [-0.25, -0.2) is 0 Å². The van der Waals surface area contributed by atoms with E-state index in [0.29, 0.717) is 11.5 Å². The van der Waals surface area contributed by atoms with Gasteiger partial charge in [0, 0.05) is 6.04 Å². The molecule has 0 amide bonds. The highest BCUT2D eigenvalue weighted by Gasteiger charge is 2.27. The van der Waals surface area contributed by atoms with Crippen molar-refractivity contribution in [1.29, 1.82) is 0 Å². The second kappa shape index (κ2) is 4.11. The highest BCUT2D eigenvalue weighted by molar-refractivity contribution is 5.55. The van der Waals surface area contributed by atoms with E-state index < -0.39 is 0 Å². The first kappa shape index (κ1) is 10.7. The molecule has 0 aromatic heterocycles. The van der Waals surface area contributed by atoms with E-state index in [4.69, 9.17) is 19.9 Å². The van der Waals surface area contributed by atoms with Crippen LogP contribution in [0, 0.1) is 5.92 Å². The van der Waals surface area contributed by atoms with Crippen LogP contribution in [0.4, 0.5) is 0 Å². The normalized spacial score (nSPS) is 19.2. The molecule has 2 aliphatic rings. The Bertz CT molecular complexity index is 429. The minimum atomic E-state index is 0.0610. The molecule has 1 saturated carbocycles. The summed E-state index contributed by atoms with van der Waals surface area (Å²) in [5, 5.41) is 0. The van der Waals surface area contributed by atoms with Gasteiger partial charge in [0.25, 0.3) is 0 Å². The van der Waals surface area contributed by atoms with Gasteiger partial charge in [0.2, 0.25) is 12.5 Å². The van der Waals surface area contributed by atoms with E-state index in [0.717, 1.165) is 23.7 Å². The van der Waals surface area contributed by atoms with Crippen molar-refractivity contribution >= 4 is 0 Å². The summed E-state index contributed by atoms with van der Waals surface area (Å²) in [6.07, 6.45) is 3.67. The third kappa shape index (κ3) is 2.05. The van der Waals surface area contributed by atoms with Crippen LogP contribution in [0.3, 0.4) is 0 Å². The summed E-state index contributed by atoms with van der Waals surface area (Å²) in [6.45, 7) is 0.257. The van der Waals surface area contributed by atoms with Crippen molar-refractivity contribution in [3.8, 4) is 17.2 Å². The minimum Gasteiger partial charge on any atom is -0.493 e. The first-order valence-corrected chi connectivity index (χ1v) is 6.01. The topological polar surface area (TPSA) is 53.7 Å². The molecule has 0 unspecified atom stereocenters. The molecule has 0 spiro atoms. The third-order valence-electron chi connectivity index (χ3n) is 3.39. The summed E-state index contributed by atoms with van der Waals surface area (Å²) in [5.74, 6) is 2.95. The maximum Gasteiger partial charge on any atom is 0.231 e. The quantitative estimate of drug-likeness (QED) is 0.869. The molecule has 0 radical (unpaired) electrons. The molecule has 4 nitrogen and oxygen atoms in total. The van der Waals surface area contributed by atoms with Crippen LogP contribution < -0.4 is 19.9 Å². The predicted octanol–water partition coefficient (Wildman–Crippen LogP) is 2.22. The molecule has 1 aliphatic heterocycles. The van der Waals surface area contributed by atoms with Gasteiger partial charge in [-0.15, -0.1) is 0 Å². The van der Waals surface area contributed by atoms with Crippen LogP contribution in [-0.4, -0.2) is 13.9 Å². The van der Waals surface area contributed by atoms with Crippen LogP contribution in [0.15, 0.2) is 12.1 Å². The number of rotatable bonds is 4. The third-order valence-corrected chi connectivity index (χ3v) is 3.39. The van der Waals surface area contributed by atoms with Crippen LogP contribution >= 0.6 is 0 Å². The van der Waals surface area contributed by atoms with Crippen LogP contribution in [0.5, 0.6) is 17.2 Å². The van der Waals surface area contributed by atoms with E-state index in [1.807, 2.05) is 12.1 Å². The lowest BCUT2D eigenvalue weighted by Gasteiger charge is -2.14. The molecule has 2 N–H and O–H groups in total. The Hall–Kier alpha value is -1.42. The molecule has 0 bridgehead atoms. The standard InChI is InChI=1S/C13H17NO3/c1-15-11-5-9(10(14)4-8-2-3-8)6-12-13(11)17-7-16-12/h5-6,8,10H,2-4,7,14H2,1H3/t10-/m1/s1. The van der Waals surface area contributed by atoms with Crippen molar-refractivity contribution in [2.75, 3.05) is 13.9 Å². The fourth-order valence-electron chi connectivity index (χ4n) is 2.21. The van der Waals surface area contributed by atoms with E-state index in [1.165, 1.54) is 12.8 Å². The van der Waals surface area contributed by atoms with Crippen molar-refractivity contribution in [1.82, 2.24) is 0 Å². The van der Waals surface area contributed by atoms with Gasteiger partial charge in [-0.2, -0.15) is 0 Å². The maximum atomic E-state index is 6.20. The van der Waals surface area contributed by atoms with Crippen LogP contribution in [-0.2, 0) is 0 Å². The lowest BCUT2D eigenvalue weighted by Crippen LogP contribution is -2.11. The van der Waals surface area contributed by atoms with Gasteiger partial charge in [0.15, 0.2) is 11.5 Å². The summed E-state index contributed by atoms with van der Waals surface area (Å²) in [5.41, 5.74) is 7.27. The summed E-state index contributed by atoms with van der Waals surface area (Å²) in [6, 6.07) is 3.99. The second-order valence-corrected chi connectivity index (χ2v) is 4.74. The van der Waals surface area contributed by atoms with Crippen LogP contribution in [0.1, 0.15) is 30.9 Å². The van der Waals surface area contributed by atoms with Crippen LogP contribution in [0.2, 0.25) is 0 Å². The molecule has 0 saturated heterocycles. The molecule has 4 heteroatoms. The maximum absolute atomic E-state index is 6.20. The summed E-state index contributed by atoms with van der Waals surface area (Å²) < 4.78 is 16.1. The number of hydrogen-bond donors (Lipinski definition) is 1. The SMILES string of the molecule is COc1cc([C@H](N)CC2CC2)cc2c1OCO2. The fraction of sp³-hybridized carbons (Fsp3) is 0.538. The minimum absolute atomic E-state index is 0.0610. The molecule has 1 aromatic rings. The number of nitrogens with two attached hydrogens (primary N) is 1. The summed E-state index contributed by atoms with van der Waals surface area (Å²) in [4.78, 5) is 0. The van der Waals surface area contributed by atoms with Gasteiger partial charge in [0.1, 0.15) is 0 Å². The van der Waals surface area contributed by atoms with Gasteiger partial charge in [0.05, 0.1) is 7.11 Å². The van der Waals surface area contributed by atoms with Gasteiger partial charge in [-0.1, -0.05) is 12.8 Å². The Labute approximate surface area is 101 Å². The number of ether oxygens (including phenoxy) is 3. The zero-order chi connectivity index (χ0) is 11.8. The Morgan fingerprint density at radius 2 is 2.24 bits per heavy atom. The zero-order valence-corrected chi connectivity index (χ0v) is 9.94. The Kier molecular flexibility index (Phi) is 2.59. The molecular formula is C13H17NO3. The molecule has 92 valence electrons. The Morgan fingerprint density at radius 3 is 2.94 bits per heavy atom. The first-order valence-electron chi connectivity index (χ1n) is 6.01. The average molecular weight is 235 g/mol. The molecular weight excluding hydrogens is 218 g/mol. The highest BCUT2D eigenvalue weighted by atomic mass is 16.7. The van der Waals surface area contributed by atoms with E-state index in [-0.39, 0.29) is 12.8 Å². The summed E-state index contributed by atoms with van der Waals surface area (Å²) >= 11 is 0. The zero-order valence-electron chi connectivity index (χ0n) is 9.94. The molecule has 1 atom stereocenters. The number of hydrogen-bond acceptors (Lipinski definition) is 4. The molecule has 1 aromatic carbocycles. The molecule has 1 heterocycles. The van der Waals surface area contributed by atoms with E-state index in [9.17, 15) is 0 Å². The van der Waals surface area contributed by atoms with Crippen molar-refractivity contribution in [2.24, 2.45) is 11.7 Å². The number of methoxy groups -OCH3 is 1. The fourth-order valence-corrected chi connectivity index (χ4v) is 2.21. The lowest BCUT2D eigenvalue weighted by atomic mass is 10.0. The molecule has 1 fully saturated rings. The lowest BCUT2D eigenvalue weighted by molar-refractivity contribution is 0.171. The van der Waals surface area contributed by atoms with E-state index >= 15 is 0 Å². The van der Waals surface area contributed by atoms with Gasteiger partial charge < -0.3 is 19.9 Å². The second-order valence-electron chi connectivity index (χ2n) is 4.74. The van der Waals surface area contributed by atoms with E-state index in [1.54, 1.807) is 7.11 Å². The predicted molar refractivity (Wildman–Crippen MR) is 63.4 cm³/mol. The molecule has 1 aliphatic carbocycles. The highest BCUT2D eigenvalue weighted by Crippen LogP contribution is 2.44. The summed E-state index contributed by atoms with van der Waals surface area (Å²) in [7, 11) is 1.63. The van der Waals surface area contributed by atoms with Gasteiger partial charge in [-0.05, 0) is 30.0 Å². The molecule has 17 heavy (non-hydrogen) atoms. The van der Waals surface area contributed by atoms with Gasteiger partial charge in [-0.3, -0.25) is 0 Å². The Balaban J connectivity index is 1.88. The number of fused-ring (bicyclic) bond motifs is 1. The van der Waals surface area contributed by atoms with Crippen LogP contribution in [0.25, 0.3) is 0 Å². The van der Waals surface area contributed by atoms with Crippen molar-refractivity contribution in [3.05, 3.63) is 17.7 Å². The van der Waals surface area contributed by atoms with Crippen molar-refractivity contribution < 1.29 is 14.2 Å². The largest absolute Gasteiger partial charge is 0.493 e. The van der Waals surface area contributed by atoms with Gasteiger partial charge >= 0.3 is 0 Å². The monoisotopic (exact) mass is 235 g/mol. The Morgan fingerprint density at radius 1 is 1.41 bits per heavy atom.